The Labute approximate surface area is 79.0 Å². The summed E-state index contributed by atoms with van der Waals surface area (Å²) in [4.78, 5) is 7.60. The smallest absolute Gasteiger partial charge is 0.126 e. The van der Waals surface area contributed by atoms with Gasteiger partial charge in [0.05, 0.1) is 5.54 Å². The van der Waals surface area contributed by atoms with Crippen molar-refractivity contribution in [3.05, 3.63) is 18.2 Å². The van der Waals surface area contributed by atoms with E-state index >= 15 is 0 Å². The molecule has 1 unspecified atom stereocenters. The summed E-state index contributed by atoms with van der Waals surface area (Å²) in [6, 6.07) is 0. The van der Waals surface area contributed by atoms with E-state index in [1.165, 1.54) is 25.7 Å². The number of hydrogen-bond donors (Lipinski definition) is 2. The molecule has 0 aromatic carbocycles. The molecule has 0 bridgehead atoms. The number of H-pyrrole nitrogens is 1. The van der Waals surface area contributed by atoms with Crippen LogP contribution >= 0.6 is 0 Å². The lowest BCUT2D eigenvalue weighted by molar-refractivity contribution is 0.337. The molecule has 2 heterocycles. The highest BCUT2D eigenvalue weighted by Gasteiger charge is 2.36. The van der Waals surface area contributed by atoms with Crippen molar-refractivity contribution >= 4 is 0 Å². The Balaban J connectivity index is 2.22. The molecule has 1 fully saturated rings. The largest absolute Gasteiger partial charge is 0.347 e. The summed E-state index contributed by atoms with van der Waals surface area (Å²) in [5, 5.41) is 3.58. The lowest BCUT2D eigenvalue weighted by Crippen LogP contribution is -2.37. The second-order valence-corrected chi connectivity index (χ2v) is 3.80. The van der Waals surface area contributed by atoms with Crippen LogP contribution in [-0.4, -0.2) is 16.5 Å². The summed E-state index contributed by atoms with van der Waals surface area (Å²) >= 11 is 0. The monoisotopic (exact) mass is 179 g/mol. The minimum atomic E-state index is 0.151. The SMILES string of the molecule is CCCC1(c2ncc[nH]2)CCCN1. The minimum absolute atomic E-state index is 0.151. The van der Waals surface area contributed by atoms with Crippen molar-refractivity contribution < 1.29 is 0 Å². The number of imidazole rings is 1. The Kier molecular flexibility index (Phi) is 2.36. The first-order valence-electron chi connectivity index (χ1n) is 5.12. The molecule has 72 valence electrons. The molecule has 3 heteroatoms. The van der Waals surface area contributed by atoms with Crippen LogP contribution < -0.4 is 5.32 Å². The third-order valence-electron chi connectivity index (χ3n) is 2.87. The van der Waals surface area contributed by atoms with Crippen LogP contribution in [0.5, 0.6) is 0 Å². The first-order valence-corrected chi connectivity index (χ1v) is 5.12. The van der Waals surface area contributed by atoms with Crippen molar-refractivity contribution in [1.29, 1.82) is 0 Å². The number of aromatic amines is 1. The number of aromatic nitrogens is 2. The van der Waals surface area contributed by atoms with Crippen LogP contribution in [0.2, 0.25) is 0 Å². The third-order valence-corrected chi connectivity index (χ3v) is 2.87. The number of rotatable bonds is 3. The van der Waals surface area contributed by atoms with Crippen molar-refractivity contribution in [2.24, 2.45) is 0 Å². The van der Waals surface area contributed by atoms with Gasteiger partial charge in [0.1, 0.15) is 5.82 Å². The molecule has 1 aromatic heterocycles. The maximum absolute atomic E-state index is 4.37. The Bertz CT molecular complexity index is 247. The molecule has 1 aromatic rings. The quantitative estimate of drug-likeness (QED) is 0.742. The highest BCUT2D eigenvalue weighted by atomic mass is 15.1. The summed E-state index contributed by atoms with van der Waals surface area (Å²) < 4.78 is 0. The molecule has 0 aliphatic carbocycles. The molecule has 1 saturated heterocycles. The maximum atomic E-state index is 4.37. The summed E-state index contributed by atoms with van der Waals surface area (Å²) in [7, 11) is 0. The van der Waals surface area contributed by atoms with E-state index in [1.54, 1.807) is 0 Å². The highest BCUT2D eigenvalue weighted by molar-refractivity contribution is 5.09. The van der Waals surface area contributed by atoms with Gasteiger partial charge < -0.3 is 10.3 Å². The van der Waals surface area contributed by atoms with E-state index in [2.05, 4.69) is 22.2 Å². The second kappa shape index (κ2) is 3.50. The average Bonchev–Trinajstić information content (AvgIpc) is 2.73. The molecule has 0 radical (unpaired) electrons. The van der Waals surface area contributed by atoms with Crippen LogP contribution in [0.1, 0.15) is 38.4 Å². The lowest BCUT2D eigenvalue weighted by atomic mass is 9.91. The van der Waals surface area contributed by atoms with Gasteiger partial charge >= 0.3 is 0 Å². The average molecular weight is 179 g/mol. The zero-order chi connectivity index (χ0) is 9.15. The third kappa shape index (κ3) is 1.48. The van der Waals surface area contributed by atoms with Crippen molar-refractivity contribution in [3.63, 3.8) is 0 Å². The number of hydrogen-bond acceptors (Lipinski definition) is 2. The fourth-order valence-corrected chi connectivity index (χ4v) is 2.29. The van der Waals surface area contributed by atoms with E-state index in [0.29, 0.717) is 0 Å². The first kappa shape index (κ1) is 8.75. The molecular weight excluding hydrogens is 162 g/mol. The van der Waals surface area contributed by atoms with Gasteiger partial charge in [0, 0.05) is 12.4 Å². The number of nitrogens with one attached hydrogen (secondary N) is 2. The highest BCUT2D eigenvalue weighted by Crippen LogP contribution is 2.32. The molecule has 1 aliphatic heterocycles. The van der Waals surface area contributed by atoms with E-state index < -0.39 is 0 Å². The van der Waals surface area contributed by atoms with Crippen LogP contribution in [-0.2, 0) is 5.54 Å². The van der Waals surface area contributed by atoms with Crippen LogP contribution in [0.3, 0.4) is 0 Å². The molecule has 0 amide bonds. The maximum Gasteiger partial charge on any atom is 0.126 e. The van der Waals surface area contributed by atoms with Crippen LogP contribution in [0.25, 0.3) is 0 Å². The summed E-state index contributed by atoms with van der Waals surface area (Å²) in [5.41, 5.74) is 0.151. The van der Waals surface area contributed by atoms with E-state index in [0.717, 1.165) is 12.4 Å². The van der Waals surface area contributed by atoms with Crippen molar-refractivity contribution in [2.45, 2.75) is 38.1 Å². The van der Waals surface area contributed by atoms with Crippen LogP contribution in [0, 0.1) is 0 Å². The van der Waals surface area contributed by atoms with Crippen molar-refractivity contribution in [2.75, 3.05) is 6.54 Å². The Morgan fingerprint density at radius 1 is 1.62 bits per heavy atom. The first-order chi connectivity index (χ1) is 6.37. The summed E-state index contributed by atoms with van der Waals surface area (Å²) in [6.45, 7) is 3.35. The molecular formula is C10H17N3. The van der Waals surface area contributed by atoms with E-state index in [1.807, 2.05) is 12.4 Å². The Morgan fingerprint density at radius 2 is 2.54 bits per heavy atom. The van der Waals surface area contributed by atoms with Gasteiger partial charge in [0.2, 0.25) is 0 Å². The van der Waals surface area contributed by atoms with Gasteiger partial charge in [-0.3, -0.25) is 0 Å². The van der Waals surface area contributed by atoms with Gasteiger partial charge in [0.25, 0.3) is 0 Å². The van der Waals surface area contributed by atoms with E-state index in [9.17, 15) is 0 Å². The lowest BCUT2D eigenvalue weighted by Gasteiger charge is -2.26. The minimum Gasteiger partial charge on any atom is -0.347 e. The van der Waals surface area contributed by atoms with Crippen molar-refractivity contribution in [1.82, 2.24) is 15.3 Å². The van der Waals surface area contributed by atoms with Gasteiger partial charge in [-0.25, -0.2) is 4.98 Å². The molecule has 1 aliphatic rings. The van der Waals surface area contributed by atoms with Gasteiger partial charge in [-0.2, -0.15) is 0 Å². The van der Waals surface area contributed by atoms with Crippen LogP contribution in [0.15, 0.2) is 12.4 Å². The molecule has 0 saturated carbocycles. The predicted molar refractivity (Wildman–Crippen MR) is 52.4 cm³/mol. The summed E-state index contributed by atoms with van der Waals surface area (Å²) in [5.74, 6) is 1.12. The van der Waals surface area contributed by atoms with Gasteiger partial charge in [-0.05, 0) is 25.8 Å². The normalized spacial score (nSPS) is 28.1. The zero-order valence-electron chi connectivity index (χ0n) is 8.14. The van der Waals surface area contributed by atoms with E-state index in [-0.39, 0.29) is 5.54 Å². The molecule has 1 atom stereocenters. The van der Waals surface area contributed by atoms with Crippen LogP contribution in [0.4, 0.5) is 0 Å². The van der Waals surface area contributed by atoms with Gasteiger partial charge in [-0.1, -0.05) is 13.3 Å². The molecule has 0 spiro atoms. The van der Waals surface area contributed by atoms with Crippen molar-refractivity contribution in [3.8, 4) is 0 Å². The molecule has 3 nitrogen and oxygen atoms in total. The fraction of sp³-hybridized carbons (Fsp3) is 0.700. The topological polar surface area (TPSA) is 40.7 Å². The Hall–Kier alpha value is -0.830. The van der Waals surface area contributed by atoms with Gasteiger partial charge in [-0.15, -0.1) is 0 Å². The zero-order valence-corrected chi connectivity index (χ0v) is 8.14. The molecule has 2 rings (SSSR count). The fourth-order valence-electron chi connectivity index (χ4n) is 2.29. The Morgan fingerprint density at radius 3 is 3.08 bits per heavy atom. The molecule has 13 heavy (non-hydrogen) atoms. The summed E-state index contributed by atoms with van der Waals surface area (Å²) in [6.07, 6.45) is 8.61. The predicted octanol–water partition coefficient (Wildman–Crippen LogP) is 1.79. The second-order valence-electron chi connectivity index (χ2n) is 3.80. The number of nitrogens with zero attached hydrogens (tertiary/aromatic N) is 1. The molecule has 2 N–H and O–H groups in total. The van der Waals surface area contributed by atoms with Gasteiger partial charge in [0.15, 0.2) is 0 Å². The van der Waals surface area contributed by atoms with E-state index in [4.69, 9.17) is 0 Å². The standard InChI is InChI=1S/C10H17N3/c1-2-4-10(5-3-6-13-10)9-11-7-8-12-9/h7-8,13H,2-6H2,1H3,(H,11,12).